The Hall–Kier alpha value is -2.62. The zero-order valence-electron chi connectivity index (χ0n) is 12.7. The second-order valence-electron chi connectivity index (χ2n) is 5.40. The molecule has 0 unspecified atom stereocenters. The third-order valence-electron chi connectivity index (χ3n) is 3.79. The summed E-state index contributed by atoms with van der Waals surface area (Å²) in [4.78, 5) is 12.7. The van der Waals surface area contributed by atoms with Crippen LogP contribution in [0.3, 0.4) is 0 Å². The van der Waals surface area contributed by atoms with Gasteiger partial charge in [-0.3, -0.25) is 10.2 Å². The molecule has 0 amide bonds. The molecule has 2 aromatic rings. The molecule has 4 heteroatoms. The lowest BCUT2D eigenvalue weighted by molar-refractivity contribution is 0.106. The Kier molecular flexibility index (Phi) is 3.92. The summed E-state index contributed by atoms with van der Waals surface area (Å²) in [7, 11) is 0. The summed E-state index contributed by atoms with van der Waals surface area (Å²) < 4.78 is 5.71. The van der Waals surface area contributed by atoms with E-state index in [1.54, 1.807) is 0 Å². The van der Waals surface area contributed by atoms with E-state index in [2.05, 4.69) is 10.5 Å². The topological polar surface area (TPSA) is 50.7 Å². The molecule has 0 radical (unpaired) electrons. The highest BCUT2D eigenvalue weighted by molar-refractivity contribution is 6.46. The molecule has 0 fully saturated rings. The largest absolute Gasteiger partial charge is 0.492 e. The molecule has 0 bridgehead atoms. The number of Topliss-reactive ketones (excluding diaryl/α,β-unsaturated/α-hetero) is 1. The molecule has 2 aromatic carbocycles. The monoisotopic (exact) mass is 294 g/mol. The number of aryl methyl sites for hydroxylation is 2. The van der Waals surface area contributed by atoms with Crippen molar-refractivity contribution in [3.8, 4) is 5.75 Å². The van der Waals surface area contributed by atoms with Crippen LogP contribution in [-0.2, 0) is 0 Å². The predicted octanol–water partition coefficient (Wildman–Crippen LogP) is 3.74. The first-order valence-electron chi connectivity index (χ1n) is 7.31. The fourth-order valence-electron chi connectivity index (χ4n) is 2.36. The van der Waals surface area contributed by atoms with Crippen LogP contribution < -0.4 is 10.2 Å². The van der Waals surface area contributed by atoms with Crippen molar-refractivity contribution in [2.24, 2.45) is 5.10 Å². The summed E-state index contributed by atoms with van der Waals surface area (Å²) in [6.07, 6.45) is 0.492. The van der Waals surface area contributed by atoms with Crippen LogP contribution in [0.1, 0.15) is 27.9 Å². The van der Waals surface area contributed by atoms with E-state index in [1.165, 1.54) is 0 Å². The van der Waals surface area contributed by atoms with Crippen LogP contribution >= 0.6 is 0 Å². The van der Waals surface area contributed by atoms with Crippen molar-refractivity contribution in [1.82, 2.24) is 0 Å². The Balaban J connectivity index is 1.90. The van der Waals surface area contributed by atoms with Gasteiger partial charge in [0.1, 0.15) is 11.5 Å². The normalized spacial score (nSPS) is 15.9. The maximum atomic E-state index is 12.7. The molecular weight excluding hydrogens is 276 g/mol. The zero-order chi connectivity index (χ0) is 15.5. The maximum absolute atomic E-state index is 12.7. The van der Waals surface area contributed by atoms with Gasteiger partial charge in [-0.05, 0) is 49.2 Å². The zero-order valence-corrected chi connectivity index (χ0v) is 12.7. The number of carbonyl (C=O) groups excluding carboxylic acids is 1. The van der Waals surface area contributed by atoms with Gasteiger partial charge in [0.05, 0.1) is 17.9 Å². The predicted molar refractivity (Wildman–Crippen MR) is 87.9 cm³/mol. The van der Waals surface area contributed by atoms with Gasteiger partial charge < -0.3 is 4.74 Å². The molecular formula is C18H18N2O2. The van der Waals surface area contributed by atoms with E-state index in [0.29, 0.717) is 30.1 Å². The van der Waals surface area contributed by atoms with Crippen LogP contribution in [-0.4, -0.2) is 18.1 Å². The van der Waals surface area contributed by atoms with Crippen molar-refractivity contribution in [3.05, 3.63) is 59.2 Å². The molecule has 0 saturated carbocycles. The second kappa shape index (κ2) is 6.02. The van der Waals surface area contributed by atoms with Crippen molar-refractivity contribution in [1.29, 1.82) is 0 Å². The third-order valence-corrected chi connectivity index (χ3v) is 3.79. The minimum absolute atomic E-state index is 0.0703. The number of ether oxygens (including phenoxy) is 1. The first-order valence-corrected chi connectivity index (χ1v) is 7.31. The number of hydrogen-bond acceptors (Lipinski definition) is 4. The fraction of sp³-hybridized carbons (Fsp3) is 0.222. The number of hydrazone groups is 1. The van der Waals surface area contributed by atoms with Crippen molar-refractivity contribution >= 4 is 17.2 Å². The van der Waals surface area contributed by atoms with Gasteiger partial charge in [-0.15, -0.1) is 0 Å². The molecule has 0 aliphatic carbocycles. The summed E-state index contributed by atoms with van der Waals surface area (Å²) in [5.74, 6) is 0.581. The Morgan fingerprint density at radius 2 is 1.82 bits per heavy atom. The Morgan fingerprint density at radius 3 is 2.59 bits per heavy atom. The van der Waals surface area contributed by atoms with Crippen LogP contribution in [0.25, 0.3) is 0 Å². The number of hydrogen-bond donors (Lipinski definition) is 1. The fourth-order valence-corrected chi connectivity index (χ4v) is 2.36. The van der Waals surface area contributed by atoms with Gasteiger partial charge in [-0.1, -0.05) is 18.2 Å². The summed E-state index contributed by atoms with van der Waals surface area (Å²) in [6, 6.07) is 13.4. The third kappa shape index (κ3) is 2.86. The number of rotatable bonds is 2. The lowest BCUT2D eigenvalue weighted by Crippen LogP contribution is -2.15. The van der Waals surface area contributed by atoms with E-state index in [-0.39, 0.29) is 5.78 Å². The molecule has 3 rings (SSSR count). The lowest BCUT2D eigenvalue weighted by Gasteiger charge is -2.09. The molecule has 1 aliphatic rings. The van der Waals surface area contributed by atoms with Gasteiger partial charge in [-0.25, -0.2) is 0 Å². The summed E-state index contributed by atoms with van der Waals surface area (Å²) in [6.45, 7) is 4.46. The van der Waals surface area contributed by atoms with Gasteiger partial charge in [0.15, 0.2) is 0 Å². The second-order valence-corrected chi connectivity index (χ2v) is 5.40. The number of nitrogens with one attached hydrogen (secondary N) is 1. The van der Waals surface area contributed by atoms with Gasteiger partial charge in [-0.2, -0.15) is 5.10 Å². The molecule has 0 saturated heterocycles. The van der Waals surface area contributed by atoms with E-state index in [0.717, 1.165) is 16.8 Å². The summed E-state index contributed by atoms with van der Waals surface area (Å²) >= 11 is 0. The number of para-hydroxylation sites is 1. The molecule has 22 heavy (non-hydrogen) atoms. The molecule has 4 nitrogen and oxygen atoms in total. The van der Waals surface area contributed by atoms with Gasteiger partial charge in [0, 0.05) is 6.42 Å². The van der Waals surface area contributed by atoms with Crippen LogP contribution in [0, 0.1) is 13.8 Å². The number of benzene rings is 2. The van der Waals surface area contributed by atoms with Crippen molar-refractivity contribution < 1.29 is 9.53 Å². The molecule has 112 valence electrons. The van der Waals surface area contributed by atoms with E-state index >= 15 is 0 Å². The number of anilines is 1. The highest BCUT2D eigenvalue weighted by Crippen LogP contribution is 2.27. The van der Waals surface area contributed by atoms with E-state index in [9.17, 15) is 4.79 Å². The van der Waals surface area contributed by atoms with E-state index in [1.807, 2.05) is 56.3 Å². The first kappa shape index (κ1) is 14.3. The highest BCUT2D eigenvalue weighted by Gasteiger charge is 2.23. The number of fused-ring (bicyclic) bond motifs is 1. The Bertz CT molecular complexity index is 736. The molecule has 1 heterocycles. The molecule has 0 spiro atoms. The number of carbonyl (C=O) groups is 1. The number of ketones is 1. The summed E-state index contributed by atoms with van der Waals surface area (Å²) in [5.41, 5.74) is 7.08. The molecule has 0 aromatic heterocycles. The average molecular weight is 294 g/mol. The van der Waals surface area contributed by atoms with Crippen LogP contribution in [0.2, 0.25) is 0 Å². The smallest absolute Gasteiger partial charge is 0.212 e. The van der Waals surface area contributed by atoms with Crippen LogP contribution in [0.5, 0.6) is 5.75 Å². The molecule has 0 atom stereocenters. The van der Waals surface area contributed by atoms with Crippen molar-refractivity contribution in [2.45, 2.75) is 20.3 Å². The van der Waals surface area contributed by atoms with Crippen molar-refractivity contribution in [3.63, 3.8) is 0 Å². The van der Waals surface area contributed by atoms with Crippen LogP contribution in [0.15, 0.2) is 47.6 Å². The highest BCUT2D eigenvalue weighted by atomic mass is 16.5. The average Bonchev–Trinajstić information content (AvgIpc) is 2.67. The first-order chi connectivity index (χ1) is 10.6. The molecule has 1 aliphatic heterocycles. The van der Waals surface area contributed by atoms with Gasteiger partial charge >= 0.3 is 0 Å². The van der Waals surface area contributed by atoms with Gasteiger partial charge in [0.25, 0.3) is 0 Å². The Labute approximate surface area is 129 Å². The SMILES string of the molecule is Cc1cc2c(cc1C)C(=O)/C(=N/Nc1ccccc1)CCO2. The minimum atomic E-state index is -0.0703. The standard InChI is InChI=1S/C18H18N2O2/c1-12-10-15-17(11-13(12)2)22-9-8-16(18(15)21)20-19-14-6-4-3-5-7-14/h3-7,10-11,19H,8-9H2,1-2H3/b20-16+. The quantitative estimate of drug-likeness (QED) is 0.858. The minimum Gasteiger partial charge on any atom is -0.492 e. The van der Waals surface area contributed by atoms with Gasteiger partial charge in [0.2, 0.25) is 5.78 Å². The molecule has 1 N–H and O–H groups in total. The number of nitrogens with zero attached hydrogens (tertiary/aromatic N) is 1. The lowest BCUT2D eigenvalue weighted by atomic mass is 10.00. The van der Waals surface area contributed by atoms with E-state index < -0.39 is 0 Å². The van der Waals surface area contributed by atoms with E-state index in [4.69, 9.17) is 4.74 Å². The van der Waals surface area contributed by atoms with Crippen molar-refractivity contribution in [2.75, 3.05) is 12.0 Å². The Morgan fingerprint density at radius 1 is 1.09 bits per heavy atom. The maximum Gasteiger partial charge on any atom is 0.212 e. The van der Waals surface area contributed by atoms with Crippen LogP contribution in [0.4, 0.5) is 5.69 Å². The summed E-state index contributed by atoms with van der Waals surface area (Å²) in [5, 5.41) is 4.28.